The Kier molecular flexibility index (Phi) is 14.5. The van der Waals surface area contributed by atoms with Crippen LogP contribution in [0.3, 0.4) is 0 Å². The molecule has 0 fully saturated rings. The molecule has 0 saturated carbocycles. The van der Waals surface area contributed by atoms with E-state index in [1.807, 2.05) is 37.5 Å². The maximum absolute atomic E-state index is 12.2. The van der Waals surface area contributed by atoms with E-state index in [0.717, 1.165) is 12.8 Å². The first-order chi connectivity index (χ1) is 17.1. The first-order valence-electron chi connectivity index (χ1n) is 13.4. The highest BCUT2D eigenvalue weighted by molar-refractivity contribution is 5.77. The summed E-state index contributed by atoms with van der Waals surface area (Å²) in [4.78, 5) is 14.3. The number of likely N-dealkylation sites (N-methyl/N-ethyl adjacent to an activating group) is 1. The number of unbranched alkanes of at least 4 members (excludes halogenated alkanes) is 9. The van der Waals surface area contributed by atoms with Crippen LogP contribution in [-0.2, 0) is 4.79 Å². The molecule has 0 saturated heterocycles. The van der Waals surface area contributed by atoms with Crippen LogP contribution in [0.5, 0.6) is 17.2 Å². The molecule has 196 valence electrons. The minimum atomic E-state index is -0.136. The Morgan fingerprint density at radius 3 is 2.34 bits per heavy atom. The second kappa shape index (κ2) is 17.8. The molecule has 1 unspecified atom stereocenters. The molecule has 2 rings (SSSR count). The number of hydrogen-bond acceptors (Lipinski definition) is 5. The number of benzene rings is 1. The van der Waals surface area contributed by atoms with E-state index in [9.17, 15) is 4.79 Å². The van der Waals surface area contributed by atoms with Crippen LogP contribution < -0.4 is 19.5 Å². The summed E-state index contributed by atoms with van der Waals surface area (Å²) in [6.07, 6.45) is 22.1. The SMILES string of the molecule is CCCCCCCCCCCCOc1ccc(OCC(=O)NCCC2C=CC=CN2C)cc1OC. The third kappa shape index (κ3) is 12.1. The fourth-order valence-corrected chi connectivity index (χ4v) is 4.11. The van der Waals surface area contributed by atoms with Gasteiger partial charge in [0.25, 0.3) is 5.91 Å². The number of amides is 1. The van der Waals surface area contributed by atoms with E-state index in [2.05, 4.69) is 23.2 Å². The number of carbonyl (C=O) groups excluding carboxylic acids is 1. The van der Waals surface area contributed by atoms with E-state index < -0.39 is 0 Å². The second-order valence-corrected chi connectivity index (χ2v) is 9.23. The Balaban J connectivity index is 1.58. The third-order valence-electron chi connectivity index (χ3n) is 6.31. The molecule has 0 aromatic heterocycles. The molecule has 0 spiro atoms. The van der Waals surface area contributed by atoms with Crippen molar-refractivity contribution in [3.63, 3.8) is 0 Å². The Morgan fingerprint density at radius 2 is 1.66 bits per heavy atom. The van der Waals surface area contributed by atoms with E-state index in [1.54, 1.807) is 13.2 Å². The van der Waals surface area contributed by atoms with E-state index >= 15 is 0 Å². The van der Waals surface area contributed by atoms with Crippen molar-refractivity contribution in [2.75, 3.05) is 33.9 Å². The van der Waals surface area contributed by atoms with E-state index in [1.165, 1.54) is 57.8 Å². The van der Waals surface area contributed by atoms with Crippen LogP contribution in [0.4, 0.5) is 0 Å². The molecule has 6 heteroatoms. The molecule has 1 N–H and O–H groups in total. The zero-order chi connectivity index (χ0) is 25.1. The Bertz CT molecular complexity index is 778. The summed E-state index contributed by atoms with van der Waals surface area (Å²) in [5.41, 5.74) is 0. The molecule has 6 nitrogen and oxygen atoms in total. The topological polar surface area (TPSA) is 60.0 Å². The van der Waals surface area contributed by atoms with Crippen LogP contribution in [0.1, 0.15) is 77.6 Å². The summed E-state index contributed by atoms with van der Waals surface area (Å²) in [6.45, 7) is 3.51. The molecule has 0 aliphatic carbocycles. The first kappa shape index (κ1) is 28.6. The number of allylic oxidation sites excluding steroid dienone is 2. The van der Waals surface area contributed by atoms with Crippen molar-refractivity contribution in [2.24, 2.45) is 0 Å². The minimum Gasteiger partial charge on any atom is -0.493 e. The molecule has 1 atom stereocenters. The Morgan fingerprint density at radius 1 is 0.943 bits per heavy atom. The average molecular weight is 487 g/mol. The van der Waals surface area contributed by atoms with Gasteiger partial charge in [-0.05, 0) is 37.3 Å². The molecule has 1 heterocycles. The minimum absolute atomic E-state index is 0.0296. The summed E-state index contributed by atoms with van der Waals surface area (Å²) < 4.78 is 17.0. The highest BCUT2D eigenvalue weighted by Crippen LogP contribution is 2.31. The molecule has 0 bridgehead atoms. The fraction of sp³-hybridized carbons (Fsp3) is 0.621. The molecule has 1 aliphatic rings. The molecule has 1 amide bonds. The number of carbonyl (C=O) groups is 1. The summed E-state index contributed by atoms with van der Waals surface area (Å²) in [5, 5.41) is 2.92. The van der Waals surface area contributed by atoms with Crippen molar-refractivity contribution in [2.45, 2.75) is 83.6 Å². The van der Waals surface area contributed by atoms with Gasteiger partial charge in [0.15, 0.2) is 18.1 Å². The number of rotatable bonds is 19. The van der Waals surface area contributed by atoms with Gasteiger partial charge >= 0.3 is 0 Å². The summed E-state index contributed by atoms with van der Waals surface area (Å²) >= 11 is 0. The van der Waals surface area contributed by atoms with Crippen LogP contribution in [0.15, 0.2) is 42.6 Å². The smallest absolute Gasteiger partial charge is 0.257 e. The number of nitrogens with zero attached hydrogens (tertiary/aromatic N) is 1. The van der Waals surface area contributed by atoms with Gasteiger partial charge in [-0.2, -0.15) is 0 Å². The third-order valence-corrected chi connectivity index (χ3v) is 6.31. The molecule has 1 aromatic carbocycles. The molecule has 35 heavy (non-hydrogen) atoms. The predicted octanol–water partition coefficient (Wildman–Crippen LogP) is 6.26. The Hall–Kier alpha value is -2.63. The lowest BCUT2D eigenvalue weighted by atomic mass is 10.1. The van der Waals surface area contributed by atoms with Crippen LogP contribution in [0.25, 0.3) is 0 Å². The fourth-order valence-electron chi connectivity index (χ4n) is 4.11. The van der Waals surface area contributed by atoms with Gasteiger partial charge in [-0.25, -0.2) is 0 Å². The molecule has 1 aliphatic heterocycles. The molecular formula is C29H46N2O4. The molecule has 0 radical (unpaired) electrons. The van der Waals surface area contributed by atoms with Crippen molar-refractivity contribution < 1.29 is 19.0 Å². The lowest BCUT2D eigenvalue weighted by Crippen LogP contribution is -2.34. The maximum atomic E-state index is 12.2. The van der Waals surface area contributed by atoms with Crippen LogP contribution >= 0.6 is 0 Å². The molecular weight excluding hydrogens is 440 g/mol. The van der Waals surface area contributed by atoms with Gasteiger partial charge in [-0.3, -0.25) is 4.79 Å². The average Bonchev–Trinajstić information content (AvgIpc) is 2.87. The van der Waals surface area contributed by atoms with Gasteiger partial charge in [0.1, 0.15) is 5.75 Å². The number of ether oxygens (including phenoxy) is 3. The van der Waals surface area contributed by atoms with E-state index in [-0.39, 0.29) is 12.5 Å². The Labute approximate surface area is 212 Å². The quantitative estimate of drug-likeness (QED) is 0.234. The highest BCUT2D eigenvalue weighted by atomic mass is 16.5. The number of hydrogen-bond donors (Lipinski definition) is 1. The van der Waals surface area contributed by atoms with E-state index in [0.29, 0.717) is 36.4 Å². The number of nitrogens with one attached hydrogen (secondary N) is 1. The van der Waals surface area contributed by atoms with E-state index in [4.69, 9.17) is 14.2 Å². The van der Waals surface area contributed by atoms with Gasteiger partial charge < -0.3 is 24.4 Å². The second-order valence-electron chi connectivity index (χ2n) is 9.23. The van der Waals surface area contributed by atoms with Gasteiger partial charge in [-0.1, -0.05) is 76.9 Å². The lowest BCUT2D eigenvalue weighted by molar-refractivity contribution is -0.123. The lowest BCUT2D eigenvalue weighted by Gasteiger charge is -2.26. The summed E-state index contributed by atoms with van der Waals surface area (Å²) in [5.74, 6) is 1.78. The zero-order valence-corrected chi connectivity index (χ0v) is 22.1. The highest BCUT2D eigenvalue weighted by Gasteiger charge is 2.12. The standard InChI is InChI=1S/C29H46N2O4/c1-4-5-6-7-8-9-10-11-12-15-22-34-27-18-17-26(23-28(27)33-3)35-24-29(32)30-20-19-25-16-13-14-21-31(25)2/h13-14,16-18,21,23,25H,4-12,15,19-20,22,24H2,1-3H3,(H,30,32). The summed E-state index contributed by atoms with van der Waals surface area (Å²) in [6, 6.07) is 5.74. The van der Waals surface area contributed by atoms with Gasteiger partial charge in [0.2, 0.25) is 0 Å². The molecule has 1 aromatic rings. The van der Waals surface area contributed by atoms with Crippen molar-refractivity contribution in [3.8, 4) is 17.2 Å². The van der Waals surface area contributed by atoms with Gasteiger partial charge in [0.05, 0.1) is 13.7 Å². The van der Waals surface area contributed by atoms with Gasteiger partial charge in [0, 0.05) is 25.7 Å². The number of methoxy groups -OCH3 is 1. The van der Waals surface area contributed by atoms with Crippen LogP contribution in [-0.4, -0.2) is 50.8 Å². The van der Waals surface area contributed by atoms with Gasteiger partial charge in [-0.15, -0.1) is 0 Å². The maximum Gasteiger partial charge on any atom is 0.257 e. The predicted molar refractivity (Wildman–Crippen MR) is 143 cm³/mol. The first-order valence-corrected chi connectivity index (χ1v) is 13.4. The normalized spacial score (nSPS) is 14.7. The van der Waals surface area contributed by atoms with Crippen molar-refractivity contribution in [3.05, 3.63) is 42.6 Å². The van der Waals surface area contributed by atoms with Crippen LogP contribution in [0, 0.1) is 0 Å². The van der Waals surface area contributed by atoms with Crippen molar-refractivity contribution in [1.82, 2.24) is 10.2 Å². The monoisotopic (exact) mass is 486 g/mol. The van der Waals surface area contributed by atoms with Crippen molar-refractivity contribution >= 4 is 5.91 Å². The zero-order valence-electron chi connectivity index (χ0n) is 22.1. The summed E-state index contributed by atoms with van der Waals surface area (Å²) in [7, 11) is 3.65. The largest absolute Gasteiger partial charge is 0.493 e. The van der Waals surface area contributed by atoms with Crippen LogP contribution in [0.2, 0.25) is 0 Å². The van der Waals surface area contributed by atoms with Crippen molar-refractivity contribution in [1.29, 1.82) is 0 Å².